The quantitative estimate of drug-likeness (QED) is 0.508. The molecule has 18 heavy (non-hydrogen) atoms. The number of nitrogens with two attached hydrogens (primary N) is 1. The minimum absolute atomic E-state index is 0.0966. The lowest BCUT2D eigenvalue weighted by molar-refractivity contribution is -0.386. The minimum atomic E-state index is -3.89. The van der Waals surface area contributed by atoms with Gasteiger partial charge in [-0.1, -0.05) is 0 Å². The summed E-state index contributed by atoms with van der Waals surface area (Å²) in [5.41, 5.74) is 4.62. The van der Waals surface area contributed by atoms with Gasteiger partial charge in [-0.05, 0) is 19.1 Å². The number of hydrogen-bond donors (Lipinski definition) is 3. The predicted molar refractivity (Wildman–Crippen MR) is 63.6 cm³/mol. The standard InChI is InChI=1S/C9H13N3O5S/c1-6(5-10)11-18(16,17)7-2-3-9(13)8(4-7)12(14)15/h2-4,6,11,13H,5,10H2,1H3. The third kappa shape index (κ3) is 3.15. The van der Waals surface area contributed by atoms with Crippen molar-refractivity contribution in [3.63, 3.8) is 0 Å². The summed E-state index contributed by atoms with van der Waals surface area (Å²) < 4.78 is 25.9. The summed E-state index contributed by atoms with van der Waals surface area (Å²) in [6.45, 7) is 1.66. The SMILES string of the molecule is CC(CN)NS(=O)(=O)c1ccc(O)c([N+](=O)[O-])c1. The Hall–Kier alpha value is -1.71. The van der Waals surface area contributed by atoms with Gasteiger partial charge in [-0.2, -0.15) is 0 Å². The second-order valence-electron chi connectivity index (χ2n) is 3.67. The topological polar surface area (TPSA) is 136 Å². The number of aromatic hydroxyl groups is 1. The maximum Gasteiger partial charge on any atom is 0.312 e. The lowest BCUT2D eigenvalue weighted by Gasteiger charge is -2.11. The largest absolute Gasteiger partial charge is 0.502 e. The lowest BCUT2D eigenvalue weighted by Crippen LogP contribution is -2.37. The Morgan fingerprint density at radius 2 is 2.17 bits per heavy atom. The van der Waals surface area contributed by atoms with Crippen LogP contribution in [0, 0.1) is 10.1 Å². The fraction of sp³-hybridized carbons (Fsp3) is 0.333. The number of nitrogens with one attached hydrogen (secondary N) is 1. The van der Waals surface area contributed by atoms with Crippen molar-refractivity contribution in [1.29, 1.82) is 0 Å². The van der Waals surface area contributed by atoms with Crippen molar-refractivity contribution < 1.29 is 18.4 Å². The predicted octanol–water partition coefficient (Wildman–Crippen LogP) is -0.0741. The molecule has 1 aromatic rings. The van der Waals surface area contributed by atoms with Crippen LogP contribution in [0.1, 0.15) is 6.92 Å². The highest BCUT2D eigenvalue weighted by Crippen LogP contribution is 2.28. The van der Waals surface area contributed by atoms with Gasteiger partial charge >= 0.3 is 5.69 Å². The van der Waals surface area contributed by atoms with Crippen LogP contribution >= 0.6 is 0 Å². The zero-order chi connectivity index (χ0) is 13.9. The van der Waals surface area contributed by atoms with Gasteiger partial charge in [0, 0.05) is 18.7 Å². The third-order valence-electron chi connectivity index (χ3n) is 2.16. The summed E-state index contributed by atoms with van der Waals surface area (Å²) in [7, 11) is -3.89. The summed E-state index contributed by atoms with van der Waals surface area (Å²) in [5, 5.41) is 19.8. The number of phenolic OH excluding ortho intramolecular Hbond substituents is 1. The van der Waals surface area contributed by atoms with Crippen molar-refractivity contribution in [2.75, 3.05) is 6.54 Å². The Balaban J connectivity index is 3.18. The van der Waals surface area contributed by atoms with Crippen LogP contribution in [0.25, 0.3) is 0 Å². The number of rotatable bonds is 5. The van der Waals surface area contributed by atoms with Crippen molar-refractivity contribution in [1.82, 2.24) is 4.72 Å². The second kappa shape index (κ2) is 5.29. The lowest BCUT2D eigenvalue weighted by atomic mass is 10.3. The molecule has 4 N–H and O–H groups in total. The van der Waals surface area contributed by atoms with E-state index in [0.29, 0.717) is 0 Å². The molecule has 0 heterocycles. The van der Waals surface area contributed by atoms with E-state index in [0.717, 1.165) is 18.2 Å². The minimum Gasteiger partial charge on any atom is -0.502 e. The van der Waals surface area contributed by atoms with Crippen LogP contribution in [0.2, 0.25) is 0 Å². The first-order chi connectivity index (χ1) is 8.27. The second-order valence-corrected chi connectivity index (χ2v) is 5.38. The molecule has 0 aliphatic carbocycles. The number of nitro benzene ring substituents is 1. The molecule has 0 bridgehead atoms. The van der Waals surface area contributed by atoms with Crippen molar-refractivity contribution in [2.24, 2.45) is 5.73 Å². The first-order valence-electron chi connectivity index (χ1n) is 4.97. The molecular weight excluding hydrogens is 262 g/mol. The summed E-state index contributed by atoms with van der Waals surface area (Å²) >= 11 is 0. The van der Waals surface area contributed by atoms with Crippen molar-refractivity contribution in [3.8, 4) is 5.75 Å². The van der Waals surface area contributed by atoms with Crippen molar-refractivity contribution >= 4 is 15.7 Å². The van der Waals surface area contributed by atoms with E-state index in [-0.39, 0.29) is 11.4 Å². The molecule has 0 aliphatic rings. The Morgan fingerprint density at radius 3 is 2.67 bits per heavy atom. The van der Waals surface area contributed by atoms with Crippen LogP contribution in [-0.2, 0) is 10.0 Å². The van der Waals surface area contributed by atoms with Gasteiger partial charge in [-0.3, -0.25) is 10.1 Å². The first-order valence-corrected chi connectivity index (χ1v) is 6.46. The summed E-state index contributed by atoms with van der Waals surface area (Å²) in [5.74, 6) is -0.592. The zero-order valence-electron chi connectivity index (χ0n) is 9.53. The summed E-state index contributed by atoms with van der Waals surface area (Å²) in [6, 6.07) is 2.33. The molecule has 100 valence electrons. The molecule has 0 spiro atoms. The van der Waals surface area contributed by atoms with E-state index in [9.17, 15) is 23.6 Å². The Morgan fingerprint density at radius 1 is 1.56 bits per heavy atom. The van der Waals surface area contributed by atoms with E-state index in [1.54, 1.807) is 6.92 Å². The molecule has 0 aliphatic heterocycles. The van der Waals surface area contributed by atoms with Gasteiger partial charge in [-0.25, -0.2) is 13.1 Å². The van der Waals surface area contributed by atoms with E-state index in [4.69, 9.17) is 5.73 Å². The molecule has 1 rings (SSSR count). The maximum absolute atomic E-state index is 11.8. The van der Waals surface area contributed by atoms with Crippen molar-refractivity contribution in [3.05, 3.63) is 28.3 Å². The average Bonchev–Trinajstić information content (AvgIpc) is 2.28. The zero-order valence-corrected chi connectivity index (χ0v) is 10.3. The number of hydrogen-bond acceptors (Lipinski definition) is 6. The fourth-order valence-corrected chi connectivity index (χ4v) is 2.47. The molecule has 8 nitrogen and oxygen atoms in total. The maximum atomic E-state index is 11.8. The van der Waals surface area contributed by atoms with Crippen LogP contribution < -0.4 is 10.5 Å². The number of sulfonamides is 1. The summed E-state index contributed by atoms with van der Waals surface area (Å²) in [4.78, 5) is 9.43. The van der Waals surface area contributed by atoms with Gasteiger partial charge in [0.1, 0.15) is 0 Å². The highest BCUT2D eigenvalue weighted by molar-refractivity contribution is 7.89. The number of nitro groups is 1. The molecule has 0 fully saturated rings. The van der Waals surface area contributed by atoms with Gasteiger partial charge in [0.15, 0.2) is 5.75 Å². The van der Waals surface area contributed by atoms with Crippen molar-refractivity contribution in [2.45, 2.75) is 17.9 Å². The van der Waals surface area contributed by atoms with Gasteiger partial charge in [-0.15, -0.1) is 0 Å². The highest BCUT2D eigenvalue weighted by Gasteiger charge is 2.22. The van der Waals surface area contributed by atoms with Gasteiger partial charge < -0.3 is 10.8 Å². The average molecular weight is 275 g/mol. The van der Waals surface area contributed by atoms with Crippen LogP contribution in [0.15, 0.2) is 23.1 Å². The molecular formula is C9H13N3O5S. The summed E-state index contributed by atoms with van der Waals surface area (Å²) in [6.07, 6.45) is 0. The van der Waals surface area contributed by atoms with Gasteiger partial charge in [0.05, 0.1) is 9.82 Å². The smallest absolute Gasteiger partial charge is 0.312 e. The molecule has 9 heteroatoms. The third-order valence-corrected chi connectivity index (χ3v) is 3.75. The molecule has 0 amide bonds. The molecule has 1 aromatic carbocycles. The molecule has 0 saturated heterocycles. The van der Waals surface area contributed by atoms with Gasteiger partial charge in [0.2, 0.25) is 10.0 Å². The molecule has 0 radical (unpaired) electrons. The van der Waals surface area contributed by atoms with E-state index >= 15 is 0 Å². The number of phenols is 1. The Bertz CT molecular complexity index is 557. The Labute approximate surface area is 104 Å². The van der Waals surface area contributed by atoms with Crippen LogP contribution in [-0.4, -0.2) is 31.0 Å². The van der Waals surface area contributed by atoms with E-state index in [2.05, 4.69) is 4.72 Å². The molecule has 1 unspecified atom stereocenters. The first kappa shape index (κ1) is 14.4. The van der Waals surface area contributed by atoms with Crippen LogP contribution in [0.4, 0.5) is 5.69 Å². The molecule has 1 atom stereocenters. The van der Waals surface area contributed by atoms with E-state index in [1.165, 1.54) is 0 Å². The number of benzene rings is 1. The monoisotopic (exact) mass is 275 g/mol. The van der Waals surface area contributed by atoms with E-state index < -0.39 is 32.4 Å². The highest BCUT2D eigenvalue weighted by atomic mass is 32.2. The number of nitrogens with zero attached hydrogens (tertiary/aromatic N) is 1. The Kier molecular flexibility index (Phi) is 4.22. The van der Waals surface area contributed by atoms with Crippen LogP contribution in [0.3, 0.4) is 0 Å². The fourth-order valence-electron chi connectivity index (χ4n) is 1.20. The van der Waals surface area contributed by atoms with Crippen LogP contribution in [0.5, 0.6) is 5.75 Å². The molecule has 0 saturated carbocycles. The van der Waals surface area contributed by atoms with Gasteiger partial charge in [0.25, 0.3) is 0 Å². The van der Waals surface area contributed by atoms with E-state index in [1.807, 2.05) is 0 Å². The molecule has 0 aromatic heterocycles. The normalized spacial score (nSPS) is 13.2.